The molecule has 3 rings (SSSR count). The van der Waals surface area contributed by atoms with E-state index in [9.17, 15) is 0 Å². The lowest BCUT2D eigenvalue weighted by molar-refractivity contribution is 0.358. The Labute approximate surface area is 43.2 Å². The van der Waals surface area contributed by atoms with Gasteiger partial charge >= 0.3 is 0 Å². The highest BCUT2D eigenvalue weighted by atomic mass is 14.7. The van der Waals surface area contributed by atoms with Crippen molar-refractivity contribution >= 4 is 0 Å². The Morgan fingerprint density at radius 1 is 1.29 bits per heavy atom. The predicted octanol–water partition coefficient (Wildman–Crippen LogP) is 1.44. The van der Waals surface area contributed by atoms with E-state index in [1.807, 2.05) is 0 Å². The molecule has 3 aliphatic rings. The van der Waals surface area contributed by atoms with Crippen molar-refractivity contribution in [1.82, 2.24) is 0 Å². The predicted molar refractivity (Wildman–Crippen MR) is 27.7 cm³/mol. The molecule has 3 aliphatic carbocycles. The third-order valence-corrected chi connectivity index (χ3v) is 2.91. The molecular formula is C7H8. The molecule has 0 radical (unpaired) electrons. The van der Waals surface area contributed by atoms with Crippen LogP contribution in [0.1, 0.15) is 6.42 Å². The van der Waals surface area contributed by atoms with Crippen LogP contribution in [0, 0.1) is 23.7 Å². The number of hydrogen-bond donors (Lipinski definition) is 0. The van der Waals surface area contributed by atoms with Gasteiger partial charge in [-0.1, -0.05) is 12.2 Å². The minimum absolute atomic E-state index is 1.05. The molecule has 0 nitrogen and oxygen atoms in total. The lowest BCUT2D eigenvalue weighted by Crippen LogP contribution is -2.11. The highest BCUT2D eigenvalue weighted by Gasteiger charge is 2.63. The quantitative estimate of drug-likeness (QED) is 0.396. The Bertz CT molecular complexity index is 138. The molecule has 0 aromatic carbocycles. The summed E-state index contributed by atoms with van der Waals surface area (Å²) >= 11 is 0. The van der Waals surface area contributed by atoms with Gasteiger partial charge in [-0.05, 0) is 30.1 Å². The zero-order valence-electron chi connectivity index (χ0n) is 4.17. The fourth-order valence-corrected chi connectivity index (χ4v) is 2.37. The Morgan fingerprint density at radius 3 is 2.43 bits per heavy atom. The smallest absolute Gasteiger partial charge is 0.0165 e. The van der Waals surface area contributed by atoms with E-state index in [-0.39, 0.29) is 0 Å². The van der Waals surface area contributed by atoms with Crippen molar-refractivity contribution in [3.63, 3.8) is 0 Å². The van der Waals surface area contributed by atoms with E-state index in [2.05, 4.69) is 12.2 Å². The summed E-state index contributed by atoms with van der Waals surface area (Å²) in [5, 5.41) is 0. The van der Waals surface area contributed by atoms with Gasteiger partial charge in [0.05, 0.1) is 0 Å². The highest BCUT2D eigenvalue weighted by molar-refractivity contribution is 5.28. The third-order valence-electron chi connectivity index (χ3n) is 2.91. The van der Waals surface area contributed by atoms with Crippen LogP contribution in [-0.2, 0) is 0 Å². The zero-order valence-corrected chi connectivity index (χ0v) is 4.17. The highest BCUT2D eigenvalue weighted by Crippen LogP contribution is 2.69. The van der Waals surface area contributed by atoms with E-state index in [1.165, 1.54) is 18.3 Å². The summed E-state index contributed by atoms with van der Waals surface area (Å²) in [6.07, 6.45) is 6.37. The van der Waals surface area contributed by atoms with Crippen molar-refractivity contribution in [2.75, 3.05) is 0 Å². The van der Waals surface area contributed by atoms with Crippen LogP contribution < -0.4 is 0 Å². The monoisotopic (exact) mass is 92.1 g/mol. The molecule has 2 unspecified atom stereocenters. The number of rotatable bonds is 0. The Kier molecular flexibility index (Phi) is 0.247. The second-order valence-corrected chi connectivity index (χ2v) is 3.10. The average Bonchev–Trinajstić information content (AvgIpc) is 2.02. The first-order valence-electron chi connectivity index (χ1n) is 3.15. The molecule has 0 aromatic rings. The molecule has 0 heterocycles. The summed E-state index contributed by atoms with van der Waals surface area (Å²) in [6.45, 7) is 0. The zero-order chi connectivity index (χ0) is 4.43. The largest absolute Gasteiger partial charge is 0.0848 e. The lowest BCUT2D eigenvalue weighted by Gasteiger charge is -2.19. The van der Waals surface area contributed by atoms with Crippen molar-refractivity contribution in [2.24, 2.45) is 23.7 Å². The van der Waals surface area contributed by atoms with Crippen molar-refractivity contribution < 1.29 is 0 Å². The van der Waals surface area contributed by atoms with Gasteiger partial charge in [-0.25, -0.2) is 0 Å². The van der Waals surface area contributed by atoms with Crippen molar-refractivity contribution in [3.8, 4) is 0 Å². The minimum Gasteiger partial charge on any atom is -0.0848 e. The molecule has 0 aromatic heterocycles. The van der Waals surface area contributed by atoms with Gasteiger partial charge in [0.1, 0.15) is 0 Å². The first-order valence-corrected chi connectivity index (χ1v) is 3.15. The first-order chi connectivity index (χ1) is 3.47. The van der Waals surface area contributed by atoms with E-state index in [0.29, 0.717) is 0 Å². The Balaban J connectivity index is 2.21. The molecule has 4 atom stereocenters. The summed E-state index contributed by atoms with van der Waals surface area (Å²) in [6, 6.07) is 0. The van der Waals surface area contributed by atoms with Crippen LogP contribution in [0.15, 0.2) is 12.2 Å². The van der Waals surface area contributed by atoms with Gasteiger partial charge < -0.3 is 0 Å². The van der Waals surface area contributed by atoms with Gasteiger partial charge in [-0.15, -0.1) is 0 Å². The normalized spacial score (nSPS) is 69.7. The minimum atomic E-state index is 1.05. The fraction of sp³-hybridized carbons (Fsp3) is 0.714. The summed E-state index contributed by atoms with van der Waals surface area (Å²) in [4.78, 5) is 0. The molecular weight excluding hydrogens is 84.1 g/mol. The molecule has 2 fully saturated rings. The van der Waals surface area contributed by atoms with Crippen molar-refractivity contribution in [2.45, 2.75) is 6.42 Å². The maximum Gasteiger partial charge on any atom is -0.0165 e. The second-order valence-electron chi connectivity index (χ2n) is 3.10. The molecule has 0 saturated heterocycles. The van der Waals surface area contributed by atoms with Crippen molar-refractivity contribution in [1.29, 1.82) is 0 Å². The molecule has 0 heteroatoms. The van der Waals surface area contributed by atoms with Crippen LogP contribution in [0.4, 0.5) is 0 Å². The Hall–Kier alpha value is -0.260. The topological polar surface area (TPSA) is 0 Å². The van der Waals surface area contributed by atoms with E-state index < -0.39 is 0 Å². The third kappa shape index (κ3) is 0.155. The van der Waals surface area contributed by atoms with E-state index in [4.69, 9.17) is 0 Å². The van der Waals surface area contributed by atoms with Crippen LogP contribution in [-0.4, -0.2) is 0 Å². The maximum absolute atomic E-state index is 2.42. The van der Waals surface area contributed by atoms with E-state index in [0.717, 1.165) is 11.8 Å². The summed E-state index contributed by atoms with van der Waals surface area (Å²) in [5.74, 6) is 4.47. The van der Waals surface area contributed by atoms with Crippen LogP contribution in [0.5, 0.6) is 0 Å². The number of hydrogen-bond acceptors (Lipinski definition) is 0. The number of fused-ring (bicyclic) bond motifs is 1. The molecule has 0 bridgehead atoms. The summed E-state index contributed by atoms with van der Waals surface area (Å²) in [7, 11) is 0. The Morgan fingerprint density at radius 2 is 2.29 bits per heavy atom. The molecule has 2 saturated carbocycles. The molecule has 36 valence electrons. The van der Waals surface area contributed by atoms with Gasteiger partial charge in [0.2, 0.25) is 0 Å². The average molecular weight is 92.1 g/mol. The molecule has 0 amide bonds. The molecule has 0 N–H and O–H groups in total. The lowest BCUT2D eigenvalue weighted by atomic mass is 9.85. The van der Waals surface area contributed by atoms with Gasteiger partial charge in [-0.2, -0.15) is 0 Å². The molecule has 0 spiro atoms. The summed E-state index contributed by atoms with van der Waals surface area (Å²) in [5.41, 5.74) is 0. The second kappa shape index (κ2) is 0.594. The van der Waals surface area contributed by atoms with Crippen LogP contribution in [0.2, 0.25) is 0 Å². The molecule has 7 heavy (non-hydrogen) atoms. The number of allylic oxidation sites excluding steroid dienone is 2. The van der Waals surface area contributed by atoms with E-state index in [1.54, 1.807) is 0 Å². The van der Waals surface area contributed by atoms with Crippen LogP contribution in [0.3, 0.4) is 0 Å². The van der Waals surface area contributed by atoms with Crippen LogP contribution >= 0.6 is 0 Å². The van der Waals surface area contributed by atoms with Gasteiger partial charge in [-0.3, -0.25) is 0 Å². The standard InChI is InChI=1S/C7H8/c1-2-5-6-3-4(1)7(5)6/h1-2,4-7H,3H2/t4?,5-,6?,7-/m0/s1. The van der Waals surface area contributed by atoms with Gasteiger partial charge in [0.25, 0.3) is 0 Å². The fourth-order valence-electron chi connectivity index (χ4n) is 2.37. The van der Waals surface area contributed by atoms with Crippen molar-refractivity contribution in [3.05, 3.63) is 12.2 Å². The summed E-state index contributed by atoms with van der Waals surface area (Å²) < 4.78 is 0. The maximum atomic E-state index is 2.42. The van der Waals surface area contributed by atoms with E-state index >= 15 is 0 Å². The van der Waals surface area contributed by atoms with Gasteiger partial charge in [0, 0.05) is 0 Å². The SMILES string of the molecule is C1=C[C@H]2C3CC1[C@H]32. The van der Waals surface area contributed by atoms with Gasteiger partial charge in [0.15, 0.2) is 0 Å². The first kappa shape index (κ1) is 2.91. The van der Waals surface area contributed by atoms with Crippen LogP contribution in [0.25, 0.3) is 0 Å². The molecule has 0 aliphatic heterocycles.